The van der Waals surface area contributed by atoms with Crippen molar-refractivity contribution < 1.29 is 4.79 Å². The molecule has 1 aliphatic rings. The molecule has 0 saturated carbocycles. The number of nitrogens with one attached hydrogen (secondary N) is 2. The number of aryl methyl sites for hydroxylation is 1. The molecule has 0 spiro atoms. The number of carbonyl (C=O) groups excluding carboxylic acids is 1. The van der Waals surface area contributed by atoms with Gasteiger partial charge in [0.1, 0.15) is 5.65 Å². The van der Waals surface area contributed by atoms with Gasteiger partial charge < -0.3 is 15.2 Å². The lowest BCUT2D eigenvalue weighted by molar-refractivity contribution is -0.120. The van der Waals surface area contributed by atoms with Crippen LogP contribution in [0.5, 0.6) is 0 Å². The van der Waals surface area contributed by atoms with Gasteiger partial charge in [-0.2, -0.15) is 5.10 Å². The Morgan fingerprint density at radius 2 is 1.97 bits per heavy atom. The summed E-state index contributed by atoms with van der Waals surface area (Å²) in [4.78, 5) is 25.2. The second kappa shape index (κ2) is 8.72. The fraction of sp³-hybridized carbons (Fsp3) is 0.375. The number of hydrogen-bond donors (Lipinski definition) is 2. The molecule has 1 amide bonds. The van der Waals surface area contributed by atoms with Crippen LogP contribution < -0.4 is 5.32 Å². The molecule has 0 atom stereocenters. The summed E-state index contributed by atoms with van der Waals surface area (Å²) in [5, 5.41) is 9.48. The molecular weight excluding hydrogens is 402 g/mol. The Balaban J connectivity index is 1.25. The molecule has 0 unspecified atom stereocenters. The maximum Gasteiger partial charge on any atom is 0.224 e. The maximum atomic E-state index is 12.5. The summed E-state index contributed by atoms with van der Waals surface area (Å²) in [5.41, 5.74) is 4.92. The first-order chi connectivity index (χ1) is 15.6. The number of rotatable bonds is 6. The monoisotopic (exact) mass is 431 g/mol. The molecule has 2 N–H and O–H groups in total. The van der Waals surface area contributed by atoms with Crippen molar-refractivity contribution in [3.63, 3.8) is 0 Å². The van der Waals surface area contributed by atoms with E-state index in [1.807, 2.05) is 36.3 Å². The van der Waals surface area contributed by atoms with E-state index < -0.39 is 0 Å². The van der Waals surface area contributed by atoms with Gasteiger partial charge in [0.2, 0.25) is 5.91 Å². The summed E-state index contributed by atoms with van der Waals surface area (Å²) in [5.74, 6) is 0.0613. The topological polar surface area (TPSA) is 82.1 Å². The zero-order valence-corrected chi connectivity index (χ0v) is 18.6. The Morgan fingerprint density at radius 1 is 1.12 bits per heavy atom. The number of pyridine rings is 1. The summed E-state index contributed by atoms with van der Waals surface area (Å²) in [6.45, 7) is 5.92. The van der Waals surface area contributed by atoms with Gasteiger partial charge in [-0.15, -0.1) is 0 Å². The van der Waals surface area contributed by atoms with E-state index in [2.05, 4.69) is 55.4 Å². The highest BCUT2D eigenvalue weighted by Crippen LogP contribution is 2.28. The third-order valence-electron chi connectivity index (χ3n) is 6.30. The van der Waals surface area contributed by atoms with Crippen LogP contribution in [0.3, 0.4) is 0 Å². The zero-order valence-electron chi connectivity index (χ0n) is 18.6. The number of carbonyl (C=O) groups is 1. The van der Waals surface area contributed by atoms with Crippen LogP contribution in [0, 0.1) is 0 Å². The molecule has 0 aliphatic carbocycles. The average Bonchev–Trinajstić information content (AvgIpc) is 3.39. The fourth-order valence-electron chi connectivity index (χ4n) is 4.42. The minimum absolute atomic E-state index is 0.0613. The highest BCUT2D eigenvalue weighted by atomic mass is 16.1. The van der Waals surface area contributed by atoms with Crippen LogP contribution in [0.2, 0.25) is 0 Å². The number of piperazine rings is 1. The van der Waals surface area contributed by atoms with Crippen LogP contribution in [0.1, 0.15) is 5.56 Å². The predicted molar refractivity (Wildman–Crippen MR) is 126 cm³/mol. The van der Waals surface area contributed by atoms with Gasteiger partial charge in [0, 0.05) is 69.0 Å². The van der Waals surface area contributed by atoms with Crippen LogP contribution >= 0.6 is 0 Å². The first kappa shape index (κ1) is 20.7. The summed E-state index contributed by atoms with van der Waals surface area (Å²) >= 11 is 0. The van der Waals surface area contributed by atoms with E-state index in [0.717, 1.165) is 71.5 Å². The first-order valence-corrected chi connectivity index (χ1v) is 11.1. The molecule has 8 nitrogen and oxygen atoms in total. The van der Waals surface area contributed by atoms with Gasteiger partial charge in [0.25, 0.3) is 0 Å². The summed E-state index contributed by atoms with van der Waals surface area (Å²) < 4.78 is 1.87. The SMILES string of the molecule is CN1CCN(CCNC(=O)Cc2cccc(-c3cc4c(ncc5cnn(C)c54)[nH]3)c2)CC1. The molecular formula is C24H29N7O. The Hall–Kier alpha value is -3.23. The largest absolute Gasteiger partial charge is 0.355 e. The van der Waals surface area contributed by atoms with Gasteiger partial charge in [-0.1, -0.05) is 18.2 Å². The standard InChI is InChI=1S/C24H29N7O/c1-29-8-10-31(11-9-29)7-6-25-22(32)13-17-4-3-5-18(12-17)21-14-20-23-19(16-27-30(23)2)15-26-24(20)28-21/h3-5,12,14-16H,6-11,13H2,1-2H3,(H,25,32)(H,26,28). The molecule has 1 saturated heterocycles. The van der Waals surface area contributed by atoms with E-state index in [9.17, 15) is 4.79 Å². The third-order valence-corrected chi connectivity index (χ3v) is 6.30. The lowest BCUT2D eigenvalue weighted by Gasteiger charge is -2.32. The number of fused-ring (bicyclic) bond motifs is 3. The van der Waals surface area contributed by atoms with E-state index in [1.54, 1.807) is 0 Å². The molecule has 1 fully saturated rings. The highest BCUT2D eigenvalue weighted by Gasteiger charge is 2.14. The predicted octanol–water partition coefficient (Wildman–Crippen LogP) is 2.02. The van der Waals surface area contributed by atoms with E-state index >= 15 is 0 Å². The van der Waals surface area contributed by atoms with Crippen molar-refractivity contribution in [2.45, 2.75) is 6.42 Å². The second-order valence-corrected chi connectivity index (χ2v) is 8.65. The number of likely N-dealkylation sites (N-methyl/N-ethyl adjacent to an activating group) is 1. The molecule has 4 aromatic rings. The lowest BCUT2D eigenvalue weighted by Crippen LogP contribution is -2.47. The zero-order chi connectivity index (χ0) is 22.1. The Bertz CT molecular complexity index is 1250. The molecule has 4 heterocycles. The van der Waals surface area contributed by atoms with Crippen molar-refractivity contribution >= 4 is 27.8 Å². The third kappa shape index (κ3) is 4.24. The van der Waals surface area contributed by atoms with Crippen LogP contribution in [0.25, 0.3) is 33.2 Å². The molecule has 0 bridgehead atoms. The highest BCUT2D eigenvalue weighted by molar-refractivity contribution is 6.04. The molecule has 5 rings (SSSR count). The minimum Gasteiger partial charge on any atom is -0.355 e. The van der Waals surface area contributed by atoms with Crippen LogP contribution in [-0.2, 0) is 18.3 Å². The maximum absolute atomic E-state index is 12.5. The molecule has 3 aromatic heterocycles. The number of aromatic nitrogens is 4. The van der Waals surface area contributed by atoms with Crippen molar-refractivity contribution in [1.29, 1.82) is 0 Å². The number of nitrogens with zero attached hydrogens (tertiary/aromatic N) is 5. The van der Waals surface area contributed by atoms with Gasteiger partial charge in [-0.05, 0) is 30.3 Å². The molecule has 32 heavy (non-hydrogen) atoms. The van der Waals surface area contributed by atoms with Crippen LogP contribution in [0.15, 0.2) is 42.7 Å². The van der Waals surface area contributed by atoms with Gasteiger partial charge in [-0.25, -0.2) is 4.98 Å². The number of H-pyrrole nitrogens is 1. The Morgan fingerprint density at radius 3 is 2.81 bits per heavy atom. The van der Waals surface area contributed by atoms with Crippen molar-refractivity contribution in [2.24, 2.45) is 7.05 Å². The minimum atomic E-state index is 0.0613. The summed E-state index contributed by atoms with van der Waals surface area (Å²) in [7, 11) is 4.09. The number of benzene rings is 1. The van der Waals surface area contributed by atoms with Crippen molar-refractivity contribution in [2.75, 3.05) is 46.3 Å². The Labute approximate surface area is 187 Å². The van der Waals surface area contributed by atoms with E-state index in [4.69, 9.17) is 0 Å². The fourth-order valence-corrected chi connectivity index (χ4v) is 4.42. The first-order valence-electron chi connectivity index (χ1n) is 11.1. The second-order valence-electron chi connectivity index (χ2n) is 8.65. The van der Waals surface area contributed by atoms with Crippen molar-refractivity contribution in [3.8, 4) is 11.3 Å². The molecule has 1 aliphatic heterocycles. The van der Waals surface area contributed by atoms with Crippen molar-refractivity contribution in [1.82, 2.24) is 34.9 Å². The van der Waals surface area contributed by atoms with Crippen LogP contribution in [-0.4, -0.2) is 81.8 Å². The van der Waals surface area contributed by atoms with Gasteiger partial charge in [0.05, 0.1) is 18.1 Å². The smallest absolute Gasteiger partial charge is 0.224 e. The van der Waals surface area contributed by atoms with Crippen LogP contribution in [0.4, 0.5) is 0 Å². The molecule has 0 radical (unpaired) electrons. The number of amides is 1. The average molecular weight is 432 g/mol. The van der Waals surface area contributed by atoms with E-state index in [0.29, 0.717) is 13.0 Å². The van der Waals surface area contributed by atoms with Gasteiger partial charge >= 0.3 is 0 Å². The molecule has 8 heteroatoms. The van der Waals surface area contributed by atoms with E-state index in [1.165, 1.54) is 0 Å². The normalized spacial score (nSPS) is 15.6. The van der Waals surface area contributed by atoms with E-state index in [-0.39, 0.29) is 5.91 Å². The lowest BCUT2D eigenvalue weighted by atomic mass is 10.1. The number of aromatic amines is 1. The molecule has 1 aromatic carbocycles. The number of hydrogen-bond acceptors (Lipinski definition) is 5. The quantitative estimate of drug-likeness (QED) is 0.488. The van der Waals surface area contributed by atoms with Crippen molar-refractivity contribution in [3.05, 3.63) is 48.3 Å². The molecule has 166 valence electrons. The Kier molecular flexibility index (Phi) is 5.63. The summed E-state index contributed by atoms with van der Waals surface area (Å²) in [6.07, 6.45) is 4.05. The van der Waals surface area contributed by atoms with Gasteiger partial charge in [-0.3, -0.25) is 14.4 Å². The summed E-state index contributed by atoms with van der Waals surface area (Å²) in [6, 6.07) is 10.2. The van der Waals surface area contributed by atoms with Gasteiger partial charge in [0.15, 0.2) is 0 Å².